The summed E-state index contributed by atoms with van der Waals surface area (Å²) in [5, 5.41) is 1.56. The maximum Gasteiger partial charge on any atom is 0.159 e. The second-order valence-corrected chi connectivity index (χ2v) is 3.14. The van der Waals surface area contributed by atoms with Crippen molar-refractivity contribution < 1.29 is 0 Å². The van der Waals surface area contributed by atoms with Crippen molar-refractivity contribution in [3.05, 3.63) is 35.1 Å². The maximum atomic E-state index is 5.78. The summed E-state index contributed by atoms with van der Waals surface area (Å²) in [6, 6.07) is 5.63. The lowest BCUT2D eigenvalue weighted by Gasteiger charge is -1.99. The molecule has 0 aliphatic rings. The quantitative estimate of drug-likeness (QED) is 0.751. The number of fused-ring (bicyclic) bond motifs is 1. The number of hydrogen-bond donors (Lipinski definition) is 1. The molecule has 0 bridgehead atoms. The molecule has 0 amide bonds. The Balaban J connectivity index is 2.66. The molecule has 2 aromatic rings. The summed E-state index contributed by atoms with van der Waals surface area (Å²) in [6.07, 6.45) is 1.58. The van der Waals surface area contributed by atoms with E-state index in [1.165, 1.54) is 0 Å². The summed E-state index contributed by atoms with van der Waals surface area (Å²) >= 11 is 5.78. The van der Waals surface area contributed by atoms with E-state index in [0.29, 0.717) is 17.2 Å². The van der Waals surface area contributed by atoms with Crippen molar-refractivity contribution >= 4 is 22.6 Å². The number of nitrogens with zero attached hydrogens (tertiary/aromatic N) is 2. The zero-order valence-corrected chi connectivity index (χ0v) is 7.62. The molecule has 0 aliphatic carbocycles. The van der Waals surface area contributed by atoms with Gasteiger partial charge in [-0.15, -0.1) is 0 Å². The molecule has 2 rings (SSSR count). The topological polar surface area (TPSA) is 51.8 Å². The van der Waals surface area contributed by atoms with E-state index in [1.54, 1.807) is 6.20 Å². The molecule has 0 saturated heterocycles. The van der Waals surface area contributed by atoms with Crippen LogP contribution in [0.15, 0.2) is 24.4 Å². The number of rotatable bonds is 1. The van der Waals surface area contributed by atoms with Gasteiger partial charge >= 0.3 is 0 Å². The van der Waals surface area contributed by atoms with Gasteiger partial charge in [-0.05, 0) is 18.2 Å². The van der Waals surface area contributed by atoms with Crippen molar-refractivity contribution in [2.24, 2.45) is 5.73 Å². The molecule has 2 aromatic heterocycles. The van der Waals surface area contributed by atoms with Gasteiger partial charge < -0.3 is 5.73 Å². The van der Waals surface area contributed by atoms with Gasteiger partial charge in [0, 0.05) is 18.1 Å². The lowest BCUT2D eigenvalue weighted by molar-refractivity contribution is 0.999. The van der Waals surface area contributed by atoms with Crippen LogP contribution in [0.3, 0.4) is 0 Å². The van der Waals surface area contributed by atoms with Crippen LogP contribution in [-0.2, 0) is 6.54 Å². The Bertz CT molecular complexity index is 442. The standard InChI is InChI=1S/C9H8ClN3/c10-7-3-6-1-2-8(4-11)13-9(6)12-5-7/h1-3,5H,4,11H2. The summed E-state index contributed by atoms with van der Waals surface area (Å²) < 4.78 is 0. The Morgan fingerprint density at radius 2 is 2.23 bits per heavy atom. The molecule has 4 heteroatoms. The molecule has 0 radical (unpaired) electrons. The smallest absolute Gasteiger partial charge is 0.159 e. The number of nitrogens with two attached hydrogens (primary N) is 1. The second kappa shape index (κ2) is 3.28. The molecule has 13 heavy (non-hydrogen) atoms. The lowest BCUT2D eigenvalue weighted by atomic mass is 10.2. The zero-order valence-electron chi connectivity index (χ0n) is 6.87. The van der Waals surface area contributed by atoms with Crippen LogP contribution in [0, 0.1) is 0 Å². The Kier molecular flexibility index (Phi) is 2.12. The summed E-state index contributed by atoms with van der Waals surface area (Å²) in [7, 11) is 0. The van der Waals surface area contributed by atoms with E-state index in [-0.39, 0.29) is 0 Å². The molecular weight excluding hydrogens is 186 g/mol. The van der Waals surface area contributed by atoms with Crippen molar-refractivity contribution in [2.75, 3.05) is 0 Å². The molecule has 0 spiro atoms. The maximum absolute atomic E-state index is 5.78. The van der Waals surface area contributed by atoms with Crippen LogP contribution in [0.5, 0.6) is 0 Å². The van der Waals surface area contributed by atoms with Crippen LogP contribution in [0.4, 0.5) is 0 Å². The Morgan fingerprint density at radius 1 is 1.38 bits per heavy atom. The molecule has 0 unspecified atom stereocenters. The number of halogens is 1. The van der Waals surface area contributed by atoms with Crippen LogP contribution in [-0.4, -0.2) is 9.97 Å². The second-order valence-electron chi connectivity index (χ2n) is 2.71. The third kappa shape index (κ3) is 1.61. The van der Waals surface area contributed by atoms with Gasteiger partial charge in [-0.1, -0.05) is 11.6 Å². The third-order valence-corrected chi connectivity index (χ3v) is 1.98. The summed E-state index contributed by atoms with van der Waals surface area (Å²) in [5.74, 6) is 0. The predicted molar refractivity (Wildman–Crippen MR) is 52.4 cm³/mol. The van der Waals surface area contributed by atoms with Gasteiger partial charge in [-0.3, -0.25) is 0 Å². The van der Waals surface area contributed by atoms with E-state index in [1.807, 2.05) is 18.2 Å². The highest BCUT2D eigenvalue weighted by atomic mass is 35.5. The van der Waals surface area contributed by atoms with Crippen LogP contribution in [0.1, 0.15) is 5.69 Å². The van der Waals surface area contributed by atoms with Crippen molar-refractivity contribution in [3.8, 4) is 0 Å². The average Bonchev–Trinajstić information content (AvgIpc) is 2.17. The third-order valence-electron chi connectivity index (χ3n) is 1.78. The van der Waals surface area contributed by atoms with E-state index < -0.39 is 0 Å². The Hall–Kier alpha value is -1.19. The van der Waals surface area contributed by atoms with E-state index in [9.17, 15) is 0 Å². The molecule has 66 valence electrons. The fourth-order valence-corrected chi connectivity index (χ4v) is 1.30. The van der Waals surface area contributed by atoms with Crippen molar-refractivity contribution in [3.63, 3.8) is 0 Å². The first-order valence-electron chi connectivity index (χ1n) is 3.91. The Morgan fingerprint density at radius 3 is 3.00 bits per heavy atom. The fraction of sp³-hybridized carbons (Fsp3) is 0.111. The molecule has 0 fully saturated rings. The first-order valence-corrected chi connectivity index (χ1v) is 4.28. The van der Waals surface area contributed by atoms with Gasteiger partial charge in [-0.2, -0.15) is 0 Å². The highest BCUT2D eigenvalue weighted by Gasteiger charge is 1.98. The van der Waals surface area contributed by atoms with Crippen LogP contribution in [0.2, 0.25) is 5.02 Å². The minimum atomic E-state index is 0.431. The average molecular weight is 194 g/mol. The normalized spacial score (nSPS) is 10.6. The summed E-state index contributed by atoms with van der Waals surface area (Å²) in [4.78, 5) is 8.33. The highest BCUT2D eigenvalue weighted by molar-refractivity contribution is 6.31. The molecule has 0 saturated carbocycles. The van der Waals surface area contributed by atoms with E-state index in [0.717, 1.165) is 11.1 Å². The first kappa shape index (κ1) is 8.41. The SMILES string of the molecule is NCc1ccc2cc(Cl)cnc2n1. The van der Waals surface area contributed by atoms with Crippen molar-refractivity contribution in [1.29, 1.82) is 0 Å². The molecular formula is C9H8ClN3. The molecule has 2 heterocycles. The summed E-state index contributed by atoms with van der Waals surface area (Å²) in [5.41, 5.74) is 6.98. The van der Waals surface area contributed by atoms with E-state index in [2.05, 4.69) is 9.97 Å². The monoisotopic (exact) mass is 193 g/mol. The van der Waals surface area contributed by atoms with Crippen LogP contribution < -0.4 is 5.73 Å². The van der Waals surface area contributed by atoms with Gasteiger partial charge in [0.25, 0.3) is 0 Å². The first-order chi connectivity index (χ1) is 6.29. The van der Waals surface area contributed by atoms with Gasteiger partial charge in [0.1, 0.15) is 0 Å². The molecule has 0 aromatic carbocycles. The molecule has 0 aliphatic heterocycles. The minimum absolute atomic E-state index is 0.431. The predicted octanol–water partition coefficient (Wildman–Crippen LogP) is 1.74. The number of hydrogen-bond acceptors (Lipinski definition) is 3. The lowest BCUT2D eigenvalue weighted by Crippen LogP contribution is -1.99. The highest BCUT2D eigenvalue weighted by Crippen LogP contribution is 2.15. The summed E-state index contributed by atoms with van der Waals surface area (Å²) in [6.45, 7) is 0.431. The fourth-order valence-electron chi connectivity index (χ4n) is 1.14. The van der Waals surface area contributed by atoms with Crippen molar-refractivity contribution in [1.82, 2.24) is 9.97 Å². The van der Waals surface area contributed by atoms with Gasteiger partial charge in [0.15, 0.2) is 5.65 Å². The minimum Gasteiger partial charge on any atom is -0.325 e. The number of aromatic nitrogens is 2. The Labute approximate surface area is 80.6 Å². The largest absolute Gasteiger partial charge is 0.325 e. The van der Waals surface area contributed by atoms with E-state index in [4.69, 9.17) is 17.3 Å². The van der Waals surface area contributed by atoms with Crippen LogP contribution >= 0.6 is 11.6 Å². The molecule has 2 N–H and O–H groups in total. The zero-order chi connectivity index (χ0) is 9.26. The van der Waals surface area contributed by atoms with Crippen LogP contribution in [0.25, 0.3) is 11.0 Å². The molecule has 0 atom stereocenters. The van der Waals surface area contributed by atoms with E-state index >= 15 is 0 Å². The molecule has 3 nitrogen and oxygen atoms in total. The van der Waals surface area contributed by atoms with Gasteiger partial charge in [-0.25, -0.2) is 9.97 Å². The van der Waals surface area contributed by atoms with Crippen molar-refractivity contribution in [2.45, 2.75) is 6.54 Å². The van der Waals surface area contributed by atoms with Gasteiger partial charge in [0.05, 0.1) is 10.7 Å². The van der Waals surface area contributed by atoms with Gasteiger partial charge in [0.2, 0.25) is 0 Å². The number of pyridine rings is 2.